The number of hydrogen-bond donors (Lipinski definition) is 3. The van der Waals surface area contributed by atoms with Crippen molar-refractivity contribution in [1.82, 2.24) is 10.3 Å². The number of aromatic hydroxyl groups is 1. The minimum absolute atomic E-state index is 0.186. The molecule has 0 fully saturated rings. The molecule has 0 bridgehead atoms. The van der Waals surface area contributed by atoms with Gasteiger partial charge in [0.05, 0.1) is 5.52 Å². The molecule has 0 radical (unpaired) electrons. The molecule has 1 amide bonds. The molecule has 1 aromatic heterocycles. The number of carbonyl (C=O) groups excluding carboxylic acids is 1. The van der Waals surface area contributed by atoms with Gasteiger partial charge in [0, 0.05) is 22.8 Å². The van der Waals surface area contributed by atoms with Crippen LogP contribution in [-0.4, -0.2) is 16.5 Å². The van der Waals surface area contributed by atoms with Gasteiger partial charge >= 0.3 is 0 Å². The van der Waals surface area contributed by atoms with Crippen molar-refractivity contribution in [1.29, 1.82) is 0 Å². The Morgan fingerprint density at radius 3 is 3.07 bits per heavy atom. The van der Waals surface area contributed by atoms with Crippen LogP contribution in [0.3, 0.4) is 0 Å². The predicted molar refractivity (Wildman–Crippen MR) is 58.2 cm³/mol. The zero-order valence-corrected chi connectivity index (χ0v) is 7.95. The van der Waals surface area contributed by atoms with Crippen molar-refractivity contribution >= 4 is 23.0 Å². The summed E-state index contributed by atoms with van der Waals surface area (Å²) in [5.74, 6) is 0.186. The van der Waals surface area contributed by atoms with E-state index in [1.54, 1.807) is 12.1 Å². The quantitative estimate of drug-likeness (QED) is 0.662. The van der Waals surface area contributed by atoms with Crippen LogP contribution in [-0.2, 0) is 4.79 Å². The summed E-state index contributed by atoms with van der Waals surface area (Å²) in [6.45, 7) is 3.73. The molecule has 1 heterocycles. The Morgan fingerprint density at radius 1 is 1.53 bits per heavy atom. The molecule has 2 rings (SSSR count). The molecule has 0 spiro atoms. The van der Waals surface area contributed by atoms with Crippen molar-refractivity contribution in [3.63, 3.8) is 0 Å². The van der Waals surface area contributed by atoms with E-state index in [1.165, 1.54) is 6.20 Å². The molecule has 0 unspecified atom stereocenters. The molecule has 4 heteroatoms. The Bertz CT molecular complexity index is 528. The predicted octanol–water partition coefficient (Wildman–Crippen LogP) is 1.59. The zero-order chi connectivity index (χ0) is 10.8. The van der Waals surface area contributed by atoms with Gasteiger partial charge in [-0.3, -0.25) is 4.79 Å². The molecule has 0 aliphatic heterocycles. The second-order valence-corrected chi connectivity index (χ2v) is 3.14. The minimum Gasteiger partial charge on any atom is -0.506 e. The van der Waals surface area contributed by atoms with Gasteiger partial charge in [0.25, 0.3) is 0 Å². The summed E-state index contributed by atoms with van der Waals surface area (Å²) in [6, 6.07) is 5.40. The van der Waals surface area contributed by atoms with Crippen LogP contribution in [0.4, 0.5) is 0 Å². The maximum atomic E-state index is 10.3. The summed E-state index contributed by atoms with van der Waals surface area (Å²) in [4.78, 5) is 13.2. The Labute approximate surface area is 86.2 Å². The van der Waals surface area contributed by atoms with Crippen LogP contribution in [0.25, 0.3) is 16.6 Å². The van der Waals surface area contributed by atoms with Crippen molar-refractivity contribution in [3.8, 4) is 5.75 Å². The van der Waals surface area contributed by atoms with Crippen LogP contribution < -0.4 is 5.32 Å². The topological polar surface area (TPSA) is 65.1 Å². The van der Waals surface area contributed by atoms with Gasteiger partial charge in [-0.05, 0) is 6.07 Å². The number of fused-ring (bicyclic) bond motifs is 1. The zero-order valence-electron chi connectivity index (χ0n) is 7.95. The van der Waals surface area contributed by atoms with Gasteiger partial charge < -0.3 is 15.4 Å². The van der Waals surface area contributed by atoms with E-state index in [9.17, 15) is 9.90 Å². The van der Waals surface area contributed by atoms with E-state index in [4.69, 9.17) is 0 Å². The van der Waals surface area contributed by atoms with E-state index in [2.05, 4.69) is 16.9 Å². The number of H-pyrrole nitrogens is 1. The molecule has 2 aromatic rings. The first-order valence-corrected chi connectivity index (χ1v) is 4.42. The molecule has 0 saturated carbocycles. The fourth-order valence-electron chi connectivity index (χ4n) is 1.54. The van der Waals surface area contributed by atoms with Gasteiger partial charge in [0.1, 0.15) is 5.75 Å². The van der Waals surface area contributed by atoms with Crippen LogP contribution in [0.5, 0.6) is 5.75 Å². The Kier molecular flexibility index (Phi) is 2.17. The van der Waals surface area contributed by atoms with Crippen molar-refractivity contribution in [2.75, 3.05) is 0 Å². The third-order valence-corrected chi connectivity index (χ3v) is 2.25. The largest absolute Gasteiger partial charge is 0.506 e. The first-order chi connectivity index (χ1) is 7.24. The molecule has 15 heavy (non-hydrogen) atoms. The normalized spacial score (nSPS) is 10.1. The van der Waals surface area contributed by atoms with E-state index in [-0.39, 0.29) is 5.75 Å². The Morgan fingerprint density at radius 2 is 2.33 bits per heavy atom. The lowest BCUT2D eigenvalue weighted by molar-refractivity contribution is -0.108. The molecule has 76 valence electrons. The van der Waals surface area contributed by atoms with E-state index < -0.39 is 0 Å². The molecule has 0 aliphatic rings. The second kappa shape index (κ2) is 3.49. The van der Waals surface area contributed by atoms with Gasteiger partial charge in [0.15, 0.2) is 0 Å². The number of rotatable bonds is 3. The first-order valence-electron chi connectivity index (χ1n) is 4.42. The van der Waals surface area contributed by atoms with Gasteiger partial charge in [-0.2, -0.15) is 0 Å². The Hall–Kier alpha value is -2.23. The summed E-state index contributed by atoms with van der Waals surface area (Å²) < 4.78 is 0. The summed E-state index contributed by atoms with van der Waals surface area (Å²) in [6.07, 6.45) is 2.08. The highest BCUT2D eigenvalue weighted by atomic mass is 16.3. The number of carbonyl (C=O) groups is 1. The highest BCUT2D eigenvalue weighted by molar-refractivity contribution is 5.95. The number of benzene rings is 1. The van der Waals surface area contributed by atoms with E-state index in [0.29, 0.717) is 17.5 Å². The maximum Gasteiger partial charge on any atom is 0.211 e. The number of amides is 1. The molecule has 0 atom stereocenters. The smallest absolute Gasteiger partial charge is 0.211 e. The van der Waals surface area contributed by atoms with Gasteiger partial charge in [-0.25, -0.2) is 0 Å². The molecule has 4 nitrogen and oxygen atoms in total. The highest BCUT2D eigenvalue weighted by Gasteiger charge is 2.07. The van der Waals surface area contributed by atoms with Crippen molar-refractivity contribution in [2.24, 2.45) is 0 Å². The molecule has 0 saturated heterocycles. The summed E-state index contributed by atoms with van der Waals surface area (Å²) in [5.41, 5.74) is 2.02. The van der Waals surface area contributed by atoms with Crippen LogP contribution >= 0.6 is 0 Å². The van der Waals surface area contributed by atoms with Crippen molar-refractivity contribution < 1.29 is 9.90 Å². The average molecular weight is 202 g/mol. The number of hydrogen-bond acceptors (Lipinski definition) is 2. The molecule has 3 N–H and O–H groups in total. The van der Waals surface area contributed by atoms with Crippen LogP contribution in [0.2, 0.25) is 0 Å². The summed E-state index contributed by atoms with van der Waals surface area (Å²) >= 11 is 0. The van der Waals surface area contributed by atoms with Crippen molar-refractivity contribution in [3.05, 3.63) is 36.5 Å². The first kappa shape index (κ1) is 9.33. The fourth-order valence-corrected chi connectivity index (χ4v) is 1.54. The number of aromatic nitrogens is 1. The monoisotopic (exact) mass is 202 g/mol. The number of aromatic amines is 1. The van der Waals surface area contributed by atoms with Crippen LogP contribution in [0, 0.1) is 0 Å². The highest BCUT2D eigenvalue weighted by Crippen LogP contribution is 2.28. The third kappa shape index (κ3) is 1.46. The standard InChI is InChI=1S/C11H10N2O2/c1-7(13-6-14)8-3-2-4-9-10(15)5-12-11(8)9/h2-6,12,15H,1H2,(H,13,14). The molecule has 0 aliphatic carbocycles. The lowest BCUT2D eigenvalue weighted by atomic mass is 10.1. The maximum absolute atomic E-state index is 10.3. The lowest BCUT2D eigenvalue weighted by Gasteiger charge is -2.04. The molecular weight excluding hydrogens is 192 g/mol. The minimum atomic E-state index is 0.186. The fraction of sp³-hybridized carbons (Fsp3) is 0. The number of para-hydroxylation sites is 1. The average Bonchev–Trinajstić information content (AvgIpc) is 2.61. The van der Waals surface area contributed by atoms with Gasteiger partial charge in [-0.15, -0.1) is 0 Å². The van der Waals surface area contributed by atoms with Crippen molar-refractivity contribution in [2.45, 2.75) is 0 Å². The lowest BCUT2D eigenvalue weighted by Crippen LogP contribution is -2.07. The van der Waals surface area contributed by atoms with E-state index in [1.807, 2.05) is 6.07 Å². The number of nitrogens with one attached hydrogen (secondary N) is 2. The third-order valence-electron chi connectivity index (χ3n) is 2.25. The second-order valence-electron chi connectivity index (χ2n) is 3.14. The molecule has 1 aromatic carbocycles. The Balaban J connectivity index is 2.61. The summed E-state index contributed by atoms with van der Waals surface area (Å²) in [5, 5.41) is 12.7. The van der Waals surface area contributed by atoms with E-state index in [0.717, 1.165) is 11.1 Å². The molecular formula is C11H10N2O2. The summed E-state index contributed by atoms with van der Waals surface area (Å²) in [7, 11) is 0. The van der Waals surface area contributed by atoms with Gasteiger partial charge in [0.2, 0.25) is 6.41 Å². The SMILES string of the molecule is C=C(NC=O)c1cccc2c(O)c[nH]c12. The van der Waals surface area contributed by atoms with E-state index >= 15 is 0 Å². The van der Waals surface area contributed by atoms with Crippen LogP contribution in [0.15, 0.2) is 31.0 Å². The van der Waals surface area contributed by atoms with Gasteiger partial charge in [-0.1, -0.05) is 18.7 Å². The van der Waals surface area contributed by atoms with Crippen LogP contribution in [0.1, 0.15) is 5.56 Å².